The highest BCUT2D eigenvalue weighted by Crippen LogP contribution is 2.31. The maximum absolute atomic E-state index is 13.1. The van der Waals surface area contributed by atoms with E-state index in [4.69, 9.17) is 10.00 Å². The molecule has 2 N–H and O–H groups in total. The monoisotopic (exact) mass is 567 g/mol. The smallest absolute Gasteiger partial charge is 0.385 e. The van der Waals surface area contributed by atoms with Crippen molar-refractivity contribution < 1.29 is 27.4 Å². The number of anilines is 2. The van der Waals surface area contributed by atoms with Crippen molar-refractivity contribution in [2.45, 2.75) is 51.4 Å². The molecule has 11 nitrogen and oxygen atoms in total. The van der Waals surface area contributed by atoms with E-state index in [0.717, 1.165) is 31.5 Å². The molecular formula is C26H36F3N7O4. The summed E-state index contributed by atoms with van der Waals surface area (Å²) in [5, 5.41) is 16.6. The largest absolute Gasteiger partial charge is 0.423 e. The number of aromatic nitrogens is 3. The fourth-order valence-electron chi connectivity index (χ4n) is 4.09. The minimum atomic E-state index is -4.84. The van der Waals surface area contributed by atoms with Crippen LogP contribution >= 0.6 is 0 Å². The van der Waals surface area contributed by atoms with Crippen LogP contribution in [0.15, 0.2) is 29.3 Å². The number of ether oxygens (including phenoxy) is 2. The van der Waals surface area contributed by atoms with Gasteiger partial charge in [0.2, 0.25) is 0 Å². The zero-order valence-electron chi connectivity index (χ0n) is 23.1. The van der Waals surface area contributed by atoms with Crippen molar-refractivity contribution in [2.75, 3.05) is 57.2 Å². The fourth-order valence-corrected chi connectivity index (χ4v) is 4.09. The van der Waals surface area contributed by atoms with Gasteiger partial charge in [0.25, 0.3) is 11.5 Å². The first-order valence-electron chi connectivity index (χ1n) is 12.9. The molecule has 3 rings (SSSR count). The highest BCUT2D eigenvalue weighted by atomic mass is 19.4. The van der Waals surface area contributed by atoms with Crippen molar-refractivity contribution in [3.05, 3.63) is 46.0 Å². The Balaban J connectivity index is 0.00000131. The van der Waals surface area contributed by atoms with E-state index < -0.39 is 29.1 Å². The summed E-state index contributed by atoms with van der Waals surface area (Å²) in [6, 6.07) is 5.58. The number of amides is 1. The molecule has 0 spiro atoms. The number of methoxy groups -OCH3 is 1. The number of pyridine rings is 1. The molecule has 1 saturated heterocycles. The molecule has 2 aromatic rings. The number of halogens is 3. The molecule has 0 aliphatic carbocycles. The average Bonchev–Trinajstić information content (AvgIpc) is 2.96. The molecule has 220 valence electrons. The van der Waals surface area contributed by atoms with E-state index >= 15 is 0 Å². The summed E-state index contributed by atoms with van der Waals surface area (Å²) in [7, 11) is 3.41. The Hall–Kier alpha value is -3.70. The molecule has 0 bridgehead atoms. The lowest BCUT2D eigenvalue weighted by Gasteiger charge is -2.38. The van der Waals surface area contributed by atoms with Gasteiger partial charge in [-0.05, 0) is 38.3 Å². The highest BCUT2D eigenvalue weighted by Gasteiger charge is 2.37. The molecule has 1 aliphatic rings. The zero-order chi connectivity index (χ0) is 29.7. The van der Waals surface area contributed by atoms with Gasteiger partial charge >= 0.3 is 6.18 Å². The normalized spacial score (nSPS) is 14.5. The van der Waals surface area contributed by atoms with Crippen molar-refractivity contribution in [3.8, 4) is 6.07 Å². The number of alkyl halides is 3. The van der Waals surface area contributed by atoms with Gasteiger partial charge in [-0.3, -0.25) is 9.59 Å². The number of hydrogen-bond acceptors (Lipinski definition) is 9. The van der Waals surface area contributed by atoms with Crippen LogP contribution in [0.2, 0.25) is 0 Å². The summed E-state index contributed by atoms with van der Waals surface area (Å²) in [6.07, 6.45) is -1.29. The van der Waals surface area contributed by atoms with Gasteiger partial charge in [-0.2, -0.15) is 23.5 Å². The highest BCUT2D eigenvalue weighted by molar-refractivity contribution is 5.81. The maximum atomic E-state index is 13.1. The summed E-state index contributed by atoms with van der Waals surface area (Å²) < 4.78 is 49.6. The van der Waals surface area contributed by atoms with Gasteiger partial charge in [0.1, 0.15) is 23.6 Å². The van der Waals surface area contributed by atoms with Crippen LogP contribution in [0, 0.1) is 11.3 Å². The van der Waals surface area contributed by atoms with Crippen LogP contribution in [-0.4, -0.2) is 85.1 Å². The van der Waals surface area contributed by atoms with Crippen LogP contribution < -0.4 is 15.8 Å². The van der Waals surface area contributed by atoms with E-state index in [1.807, 2.05) is 19.1 Å². The van der Waals surface area contributed by atoms with Crippen molar-refractivity contribution >= 4 is 17.4 Å². The molecule has 1 amide bonds. The van der Waals surface area contributed by atoms with Gasteiger partial charge in [0, 0.05) is 52.6 Å². The summed E-state index contributed by atoms with van der Waals surface area (Å²) in [5.74, 6) is 0.592. The van der Waals surface area contributed by atoms with E-state index in [2.05, 4.69) is 25.0 Å². The first kappa shape index (κ1) is 32.5. The third-order valence-corrected chi connectivity index (χ3v) is 6.37. The second kappa shape index (κ2) is 15.8. The molecule has 1 unspecified atom stereocenters. The van der Waals surface area contributed by atoms with Gasteiger partial charge in [0.05, 0.1) is 24.1 Å². The van der Waals surface area contributed by atoms with Crippen LogP contribution in [0.1, 0.15) is 44.2 Å². The number of nitriles is 1. The Morgan fingerprint density at radius 3 is 2.50 bits per heavy atom. The molecule has 1 aliphatic heterocycles. The van der Waals surface area contributed by atoms with Gasteiger partial charge in [-0.25, -0.2) is 10.1 Å². The lowest BCUT2D eigenvalue weighted by Crippen LogP contribution is -2.49. The van der Waals surface area contributed by atoms with Crippen LogP contribution in [0.4, 0.5) is 24.7 Å². The van der Waals surface area contributed by atoms with Crippen LogP contribution in [0.25, 0.3) is 0 Å². The van der Waals surface area contributed by atoms with E-state index in [1.165, 1.54) is 6.20 Å². The number of nitrogens with zero attached hydrogens (tertiary/aromatic N) is 5. The second-order valence-corrected chi connectivity index (χ2v) is 8.94. The van der Waals surface area contributed by atoms with E-state index in [-0.39, 0.29) is 25.1 Å². The summed E-state index contributed by atoms with van der Waals surface area (Å²) in [4.78, 5) is 32.6. The predicted octanol–water partition coefficient (Wildman–Crippen LogP) is 3.04. The van der Waals surface area contributed by atoms with Gasteiger partial charge in [0.15, 0.2) is 0 Å². The summed E-state index contributed by atoms with van der Waals surface area (Å²) >= 11 is 0. The first-order chi connectivity index (χ1) is 19.1. The van der Waals surface area contributed by atoms with E-state index in [1.54, 1.807) is 37.1 Å². The fraction of sp³-hybridized carbons (Fsp3) is 0.577. The number of aromatic amines is 1. The lowest BCUT2D eigenvalue weighted by molar-refractivity contribution is -0.145. The van der Waals surface area contributed by atoms with Gasteiger partial charge in [-0.15, -0.1) is 0 Å². The van der Waals surface area contributed by atoms with Crippen molar-refractivity contribution in [3.63, 3.8) is 0 Å². The number of hydrogen-bond donors (Lipinski definition) is 2. The standard InChI is InChI=1S/C23H28F3N7O3.C3H8O/c1-3-18(36-11-8-28-17-14-30-31-21(34)20(17)23(24,25)26)22(35)32(2)16-6-9-33(10-7-16)19-5-4-15(12-27)13-29-19;1-3-4-2/h4-5,13-14,16,18H,3,6-11H2,1-2H3,(H2,28,31,34);3H2,1-2H3. The van der Waals surface area contributed by atoms with Crippen LogP contribution in [-0.2, 0) is 20.4 Å². The third-order valence-electron chi connectivity index (χ3n) is 6.37. The maximum Gasteiger partial charge on any atom is 0.423 e. The van der Waals surface area contributed by atoms with E-state index in [0.29, 0.717) is 25.1 Å². The first-order valence-corrected chi connectivity index (χ1v) is 12.9. The number of nitrogens with one attached hydrogen (secondary N) is 2. The Kier molecular flexibility index (Phi) is 12.8. The Bertz CT molecular complexity index is 1160. The minimum Gasteiger partial charge on any atom is -0.385 e. The number of rotatable bonds is 10. The Morgan fingerprint density at radius 2 is 1.98 bits per heavy atom. The topological polar surface area (TPSA) is 136 Å². The molecule has 14 heteroatoms. The van der Waals surface area contributed by atoms with Crippen molar-refractivity contribution in [2.24, 2.45) is 0 Å². The molecule has 1 atom stereocenters. The molecule has 0 saturated carbocycles. The van der Waals surface area contributed by atoms with Gasteiger partial charge in [-0.1, -0.05) is 6.92 Å². The number of carbonyl (C=O) groups is 1. The quantitative estimate of drug-likeness (QED) is 0.415. The number of piperidine rings is 1. The molecule has 0 radical (unpaired) electrons. The summed E-state index contributed by atoms with van der Waals surface area (Å²) in [6.45, 7) is 5.90. The zero-order valence-corrected chi connectivity index (χ0v) is 23.1. The van der Waals surface area contributed by atoms with E-state index in [9.17, 15) is 22.8 Å². The molecule has 2 aromatic heterocycles. The third kappa shape index (κ3) is 9.20. The molecule has 0 aromatic carbocycles. The SMILES string of the molecule is CCC(OCCNc1cn[nH]c(=O)c1C(F)(F)F)C(=O)N(C)C1CCN(c2ccc(C#N)cn2)CC1.CCOC. The second-order valence-electron chi connectivity index (χ2n) is 8.94. The molecule has 3 heterocycles. The average molecular weight is 568 g/mol. The predicted molar refractivity (Wildman–Crippen MR) is 143 cm³/mol. The minimum absolute atomic E-state index is 0.0133. The Labute approximate surface area is 231 Å². The van der Waals surface area contributed by atoms with Crippen LogP contribution in [0.5, 0.6) is 0 Å². The molecular weight excluding hydrogens is 531 g/mol. The van der Waals surface area contributed by atoms with Crippen molar-refractivity contribution in [1.29, 1.82) is 5.26 Å². The van der Waals surface area contributed by atoms with Gasteiger partial charge < -0.3 is 24.6 Å². The number of likely N-dealkylation sites (N-methyl/N-ethyl adjacent to an activating group) is 1. The molecule has 40 heavy (non-hydrogen) atoms. The summed E-state index contributed by atoms with van der Waals surface area (Å²) in [5.41, 5.74) is -2.65. The number of carbonyl (C=O) groups excluding carboxylic acids is 1. The lowest BCUT2D eigenvalue weighted by atomic mass is 10.0. The number of H-pyrrole nitrogens is 1. The Morgan fingerprint density at radius 1 is 1.30 bits per heavy atom. The molecule has 1 fully saturated rings. The van der Waals surface area contributed by atoms with Crippen LogP contribution in [0.3, 0.4) is 0 Å². The van der Waals surface area contributed by atoms with Crippen molar-refractivity contribution in [1.82, 2.24) is 20.1 Å².